The van der Waals surface area contributed by atoms with Gasteiger partial charge < -0.3 is 10.4 Å². The van der Waals surface area contributed by atoms with Crippen LogP contribution in [-0.2, 0) is 0 Å². The van der Waals surface area contributed by atoms with Crippen LogP contribution in [0.2, 0.25) is 0 Å². The molecule has 104 valence electrons. The minimum absolute atomic E-state index is 0.0143. The maximum atomic E-state index is 11.9. The van der Waals surface area contributed by atoms with Crippen LogP contribution in [0.15, 0.2) is 18.5 Å². The van der Waals surface area contributed by atoms with Crippen molar-refractivity contribution in [3.8, 4) is 0 Å². The average molecular weight is 264 g/mol. The molecule has 1 heterocycles. The molecule has 1 aromatic rings. The Hall–Kier alpha value is -1.91. The van der Waals surface area contributed by atoms with Gasteiger partial charge in [0.05, 0.1) is 11.1 Å². The fourth-order valence-electron chi connectivity index (χ4n) is 1.87. The number of aromatic nitrogens is 1. The van der Waals surface area contributed by atoms with Gasteiger partial charge in [-0.1, -0.05) is 27.2 Å². The monoisotopic (exact) mass is 264 g/mol. The maximum absolute atomic E-state index is 11.9. The van der Waals surface area contributed by atoms with E-state index in [1.165, 1.54) is 18.5 Å². The third-order valence-corrected chi connectivity index (χ3v) is 2.90. The molecule has 0 unspecified atom stereocenters. The van der Waals surface area contributed by atoms with Gasteiger partial charge in [0, 0.05) is 18.9 Å². The van der Waals surface area contributed by atoms with E-state index in [0.29, 0.717) is 6.54 Å². The molecule has 0 aliphatic carbocycles. The molecule has 0 aromatic carbocycles. The standard InChI is InChI=1S/C14H20N2O3/c1-4-5-14(2,3)9-16-12(17)10-6-11(13(18)19)8-15-7-10/h6-8H,4-5,9H2,1-3H3,(H,16,17)(H,18,19). The maximum Gasteiger partial charge on any atom is 0.337 e. The second-order valence-electron chi connectivity index (χ2n) is 5.36. The van der Waals surface area contributed by atoms with E-state index in [9.17, 15) is 9.59 Å². The molecular formula is C14H20N2O3. The summed E-state index contributed by atoms with van der Waals surface area (Å²) in [4.78, 5) is 26.5. The van der Waals surface area contributed by atoms with Crippen molar-refractivity contribution in [2.24, 2.45) is 5.41 Å². The summed E-state index contributed by atoms with van der Waals surface area (Å²) >= 11 is 0. The van der Waals surface area contributed by atoms with Crippen molar-refractivity contribution in [2.75, 3.05) is 6.54 Å². The number of pyridine rings is 1. The predicted octanol–water partition coefficient (Wildman–Crippen LogP) is 2.34. The largest absolute Gasteiger partial charge is 0.478 e. The van der Waals surface area contributed by atoms with E-state index in [1.54, 1.807) is 0 Å². The quantitative estimate of drug-likeness (QED) is 0.826. The highest BCUT2D eigenvalue weighted by Gasteiger charge is 2.18. The Kier molecular flexibility index (Phi) is 5.03. The van der Waals surface area contributed by atoms with Crippen molar-refractivity contribution in [3.63, 3.8) is 0 Å². The number of carboxylic acids is 1. The second kappa shape index (κ2) is 6.31. The average Bonchev–Trinajstić information content (AvgIpc) is 2.36. The van der Waals surface area contributed by atoms with Gasteiger partial charge in [-0.2, -0.15) is 0 Å². The Balaban J connectivity index is 2.68. The van der Waals surface area contributed by atoms with Gasteiger partial charge in [0.2, 0.25) is 0 Å². The number of nitrogens with one attached hydrogen (secondary N) is 1. The molecule has 1 rings (SSSR count). The summed E-state index contributed by atoms with van der Waals surface area (Å²) in [5, 5.41) is 11.7. The molecule has 1 aromatic heterocycles. The lowest BCUT2D eigenvalue weighted by Gasteiger charge is -2.24. The molecule has 0 saturated carbocycles. The number of rotatable bonds is 6. The highest BCUT2D eigenvalue weighted by atomic mass is 16.4. The first-order valence-electron chi connectivity index (χ1n) is 6.32. The zero-order valence-corrected chi connectivity index (χ0v) is 11.6. The number of carboxylic acid groups (broad SMARTS) is 1. The van der Waals surface area contributed by atoms with Crippen molar-refractivity contribution in [2.45, 2.75) is 33.6 Å². The van der Waals surface area contributed by atoms with Crippen LogP contribution < -0.4 is 5.32 Å². The molecule has 0 saturated heterocycles. The number of carbonyl (C=O) groups is 2. The summed E-state index contributed by atoms with van der Waals surface area (Å²) < 4.78 is 0. The van der Waals surface area contributed by atoms with Crippen molar-refractivity contribution in [1.29, 1.82) is 0 Å². The second-order valence-corrected chi connectivity index (χ2v) is 5.36. The molecule has 5 nitrogen and oxygen atoms in total. The first-order valence-corrected chi connectivity index (χ1v) is 6.32. The SMILES string of the molecule is CCCC(C)(C)CNC(=O)c1cncc(C(=O)O)c1. The molecule has 2 N–H and O–H groups in total. The van der Waals surface area contributed by atoms with Crippen molar-refractivity contribution in [1.82, 2.24) is 10.3 Å². The fraction of sp³-hybridized carbons (Fsp3) is 0.500. The van der Waals surface area contributed by atoms with Crippen LogP contribution in [0.3, 0.4) is 0 Å². The van der Waals surface area contributed by atoms with Gasteiger partial charge in [0.15, 0.2) is 0 Å². The summed E-state index contributed by atoms with van der Waals surface area (Å²) in [7, 11) is 0. The van der Waals surface area contributed by atoms with E-state index in [1.807, 2.05) is 0 Å². The molecular weight excluding hydrogens is 244 g/mol. The number of hydrogen-bond donors (Lipinski definition) is 2. The van der Waals surface area contributed by atoms with Gasteiger partial charge in [-0.15, -0.1) is 0 Å². The van der Waals surface area contributed by atoms with E-state index in [2.05, 4.69) is 31.1 Å². The number of aromatic carboxylic acids is 1. The highest BCUT2D eigenvalue weighted by Crippen LogP contribution is 2.20. The number of nitrogens with zero attached hydrogens (tertiary/aromatic N) is 1. The molecule has 0 bridgehead atoms. The summed E-state index contributed by atoms with van der Waals surface area (Å²) in [6, 6.07) is 1.33. The summed E-state index contributed by atoms with van der Waals surface area (Å²) in [6.45, 7) is 6.83. The van der Waals surface area contributed by atoms with Crippen LogP contribution in [0.5, 0.6) is 0 Å². The summed E-state index contributed by atoms with van der Waals surface area (Å²) in [6.07, 6.45) is 4.66. The molecule has 1 amide bonds. The minimum Gasteiger partial charge on any atom is -0.478 e. The molecule has 19 heavy (non-hydrogen) atoms. The number of carbonyl (C=O) groups excluding carboxylic acids is 1. The van der Waals surface area contributed by atoms with Crippen molar-refractivity contribution >= 4 is 11.9 Å². The summed E-state index contributed by atoms with van der Waals surface area (Å²) in [5.41, 5.74) is 0.315. The Bertz CT molecular complexity index is 470. The molecule has 0 spiro atoms. The van der Waals surface area contributed by atoms with Crippen LogP contribution in [0.1, 0.15) is 54.3 Å². The third-order valence-electron chi connectivity index (χ3n) is 2.90. The molecule has 5 heteroatoms. The van der Waals surface area contributed by atoms with Gasteiger partial charge >= 0.3 is 5.97 Å². The first-order chi connectivity index (χ1) is 8.85. The van der Waals surface area contributed by atoms with Gasteiger partial charge in [0.25, 0.3) is 5.91 Å². The van der Waals surface area contributed by atoms with Gasteiger partial charge in [-0.25, -0.2) is 4.79 Å². The summed E-state index contributed by atoms with van der Waals surface area (Å²) in [5.74, 6) is -1.38. The van der Waals surface area contributed by atoms with Crippen molar-refractivity contribution < 1.29 is 14.7 Å². The normalized spacial score (nSPS) is 11.1. The molecule has 0 atom stereocenters. The molecule has 0 fully saturated rings. The lowest BCUT2D eigenvalue weighted by Crippen LogP contribution is -2.34. The Morgan fingerprint density at radius 2 is 1.95 bits per heavy atom. The zero-order chi connectivity index (χ0) is 14.5. The van der Waals surface area contributed by atoms with Gasteiger partial charge in [-0.05, 0) is 17.9 Å². The van der Waals surface area contributed by atoms with Crippen LogP contribution in [-0.4, -0.2) is 28.5 Å². The van der Waals surface area contributed by atoms with E-state index >= 15 is 0 Å². The Morgan fingerprint density at radius 3 is 2.53 bits per heavy atom. The Labute approximate surface area is 113 Å². The lowest BCUT2D eigenvalue weighted by atomic mass is 9.88. The molecule has 0 aliphatic heterocycles. The van der Waals surface area contributed by atoms with Gasteiger partial charge in [-0.3, -0.25) is 9.78 Å². The van der Waals surface area contributed by atoms with Crippen LogP contribution in [0.4, 0.5) is 0 Å². The first kappa shape index (κ1) is 15.1. The lowest BCUT2D eigenvalue weighted by molar-refractivity contribution is 0.0696. The van der Waals surface area contributed by atoms with Crippen LogP contribution in [0.25, 0.3) is 0 Å². The Morgan fingerprint density at radius 1 is 1.32 bits per heavy atom. The van der Waals surface area contributed by atoms with Gasteiger partial charge in [0.1, 0.15) is 0 Å². The number of hydrogen-bond acceptors (Lipinski definition) is 3. The fourth-order valence-corrected chi connectivity index (χ4v) is 1.87. The van der Waals surface area contributed by atoms with E-state index in [4.69, 9.17) is 5.11 Å². The molecule has 0 aliphatic rings. The van der Waals surface area contributed by atoms with E-state index < -0.39 is 5.97 Å². The number of amides is 1. The van der Waals surface area contributed by atoms with Crippen LogP contribution in [0, 0.1) is 5.41 Å². The molecule has 0 radical (unpaired) electrons. The van der Waals surface area contributed by atoms with E-state index in [0.717, 1.165) is 12.8 Å². The topological polar surface area (TPSA) is 79.3 Å². The predicted molar refractivity (Wildman–Crippen MR) is 72.2 cm³/mol. The smallest absolute Gasteiger partial charge is 0.337 e. The minimum atomic E-state index is -1.09. The zero-order valence-electron chi connectivity index (χ0n) is 11.6. The highest BCUT2D eigenvalue weighted by molar-refractivity contribution is 5.96. The van der Waals surface area contributed by atoms with Crippen molar-refractivity contribution in [3.05, 3.63) is 29.6 Å². The van der Waals surface area contributed by atoms with Crippen LogP contribution >= 0.6 is 0 Å². The third kappa shape index (κ3) is 4.69. The van der Waals surface area contributed by atoms with E-state index in [-0.39, 0.29) is 22.4 Å².